The van der Waals surface area contributed by atoms with Gasteiger partial charge in [0.25, 0.3) is 0 Å². The molecule has 3 heterocycles. The van der Waals surface area contributed by atoms with Crippen molar-refractivity contribution in [2.24, 2.45) is 5.92 Å². The molecular weight excluding hydrogens is 398 g/mol. The van der Waals surface area contributed by atoms with Gasteiger partial charge >= 0.3 is 0 Å². The molecule has 32 heavy (non-hydrogen) atoms. The van der Waals surface area contributed by atoms with Gasteiger partial charge in [0.2, 0.25) is 0 Å². The lowest BCUT2D eigenvalue weighted by Crippen LogP contribution is -2.28. The molecule has 0 saturated heterocycles. The summed E-state index contributed by atoms with van der Waals surface area (Å²) in [6, 6.07) is 21.0. The molecule has 0 atom stereocenters. The number of hydrogen-bond acceptors (Lipinski definition) is 5. The van der Waals surface area contributed by atoms with Gasteiger partial charge in [-0.2, -0.15) is 0 Å². The standard InChI is InChI=1S/C26H23N5O/c27-25-24-21(13-31(26(24)29-15-28-25)20-10-16(11-20)14-32)19-7-6-18-8-9-22(30-23(18)12-19)17-4-2-1-3-5-17/h1-9,12-13,15-16,20,32H,10-11,14H2,(H2,27,28,29). The summed E-state index contributed by atoms with van der Waals surface area (Å²) in [5.74, 6) is 0.842. The van der Waals surface area contributed by atoms with Gasteiger partial charge in [-0.05, 0) is 36.5 Å². The minimum atomic E-state index is 0.236. The summed E-state index contributed by atoms with van der Waals surface area (Å²) < 4.78 is 2.20. The van der Waals surface area contributed by atoms with Crippen molar-refractivity contribution in [1.29, 1.82) is 0 Å². The third kappa shape index (κ3) is 3.03. The maximum atomic E-state index is 9.43. The Morgan fingerprint density at radius 2 is 1.78 bits per heavy atom. The number of aromatic nitrogens is 4. The third-order valence-corrected chi connectivity index (χ3v) is 6.57. The van der Waals surface area contributed by atoms with E-state index >= 15 is 0 Å². The van der Waals surface area contributed by atoms with Gasteiger partial charge in [0.15, 0.2) is 0 Å². The van der Waals surface area contributed by atoms with Crippen LogP contribution >= 0.6 is 0 Å². The normalized spacial score (nSPS) is 18.2. The molecule has 6 rings (SSSR count). The number of pyridine rings is 1. The number of fused-ring (bicyclic) bond motifs is 2. The molecule has 3 N–H and O–H groups in total. The number of nitrogen functional groups attached to an aromatic ring is 1. The van der Waals surface area contributed by atoms with Crippen LogP contribution in [-0.2, 0) is 0 Å². The van der Waals surface area contributed by atoms with Gasteiger partial charge in [-0.3, -0.25) is 0 Å². The highest BCUT2D eigenvalue weighted by Crippen LogP contribution is 2.42. The minimum Gasteiger partial charge on any atom is -0.396 e. The van der Waals surface area contributed by atoms with Crippen LogP contribution in [0.15, 0.2) is 73.2 Å². The fourth-order valence-electron chi connectivity index (χ4n) is 4.74. The van der Waals surface area contributed by atoms with Crippen molar-refractivity contribution in [2.45, 2.75) is 18.9 Å². The second kappa shape index (κ2) is 7.43. The molecule has 158 valence electrons. The first kappa shape index (κ1) is 19.0. The molecule has 5 aromatic rings. The average molecular weight is 422 g/mol. The van der Waals surface area contributed by atoms with Gasteiger partial charge in [-0.25, -0.2) is 15.0 Å². The van der Waals surface area contributed by atoms with Crippen LogP contribution in [0.5, 0.6) is 0 Å². The van der Waals surface area contributed by atoms with Crippen LogP contribution in [0.25, 0.3) is 44.3 Å². The Bertz CT molecular complexity index is 1440. The SMILES string of the molecule is Nc1ncnc2c1c(-c1ccc3ccc(-c4ccccc4)nc3c1)cn2C1CC(CO)C1. The highest BCUT2D eigenvalue weighted by Gasteiger charge is 2.32. The number of aliphatic hydroxyl groups is 1. The zero-order chi connectivity index (χ0) is 21.7. The summed E-state index contributed by atoms with van der Waals surface area (Å²) in [5, 5.41) is 11.4. The van der Waals surface area contributed by atoms with Gasteiger partial charge < -0.3 is 15.4 Å². The van der Waals surface area contributed by atoms with E-state index in [-0.39, 0.29) is 6.61 Å². The largest absolute Gasteiger partial charge is 0.396 e. The highest BCUT2D eigenvalue weighted by molar-refractivity contribution is 6.02. The van der Waals surface area contributed by atoms with Crippen LogP contribution in [-0.4, -0.2) is 31.2 Å². The smallest absolute Gasteiger partial charge is 0.146 e. The summed E-state index contributed by atoms with van der Waals surface area (Å²) in [5.41, 5.74) is 12.2. The summed E-state index contributed by atoms with van der Waals surface area (Å²) in [6.45, 7) is 0.236. The van der Waals surface area contributed by atoms with E-state index in [0.717, 1.165) is 57.2 Å². The van der Waals surface area contributed by atoms with Crippen LogP contribution < -0.4 is 5.73 Å². The first-order valence-electron chi connectivity index (χ1n) is 10.9. The lowest BCUT2D eigenvalue weighted by atomic mass is 9.81. The Morgan fingerprint density at radius 3 is 2.59 bits per heavy atom. The van der Waals surface area contributed by atoms with Crippen LogP contribution in [0.3, 0.4) is 0 Å². The molecule has 1 saturated carbocycles. The van der Waals surface area contributed by atoms with Crippen molar-refractivity contribution in [3.05, 3.63) is 73.2 Å². The van der Waals surface area contributed by atoms with E-state index in [0.29, 0.717) is 17.8 Å². The predicted molar refractivity (Wildman–Crippen MR) is 127 cm³/mol. The van der Waals surface area contributed by atoms with Crippen molar-refractivity contribution in [3.8, 4) is 22.4 Å². The van der Waals surface area contributed by atoms with Crippen molar-refractivity contribution >= 4 is 27.8 Å². The molecule has 0 unspecified atom stereocenters. The summed E-state index contributed by atoms with van der Waals surface area (Å²) in [4.78, 5) is 13.7. The van der Waals surface area contributed by atoms with Crippen molar-refractivity contribution < 1.29 is 5.11 Å². The molecular formula is C26H23N5O. The van der Waals surface area contributed by atoms with E-state index in [1.165, 1.54) is 6.33 Å². The Morgan fingerprint density at radius 1 is 0.969 bits per heavy atom. The minimum absolute atomic E-state index is 0.236. The molecule has 3 aromatic heterocycles. The van der Waals surface area contributed by atoms with E-state index < -0.39 is 0 Å². The molecule has 0 amide bonds. The number of nitrogens with zero attached hydrogens (tertiary/aromatic N) is 4. The molecule has 2 aromatic carbocycles. The van der Waals surface area contributed by atoms with Crippen molar-refractivity contribution in [3.63, 3.8) is 0 Å². The second-order valence-corrected chi connectivity index (χ2v) is 8.55. The van der Waals surface area contributed by atoms with Crippen LogP contribution in [0.2, 0.25) is 0 Å². The molecule has 0 aliphatic heterocycles. The zero-order valence-electron chi connectivity index (χ0n) is 17.5. The number of benzene rings is 2. The van der Waals surface area contributed by atoms with Gasteiger partial charge in [-0.15, -0.1) is 0 Å². The Labute approximate surface area is 185 Å². The summed E-state index contributed by atoms with van der Waals surface area (Å²) in [7, 11) is 0. The predicted octanol–water partition coefficient (Wildman–Crippen LogP) is 4.84. The number of aliphatic hydroxyl groups excluding tert-OH is 1. The molecule has 1 fully saturated rings. The molecule has 0 spiro atoms. The Kier molecular flexibility index (Phi) is 4.40. The maximum Gasteiger partial charge on any atom is 0.146 e. The highest BCUT2D eigenvalue weighted by atomic mass is 16.3. The number of anilines is 1. The first-order valence-corrected chi connectivity index (χ1v) is 10.9. The van der Waals surface area contributed by atoms with Crippen LogP contribution in [0, 0.1) is 5.92 Å². The van der Waals surface area contributed by atoms with Crippen LogP contribution in [0.4, 0.5) is 5.82 Å². The number of rotatable bonds is 4. The van der Waals surface area contributed by atoms with E-state index in [1.54, 1.807) is 0 Å². The lowest BCUT2D eigenvalue weighted by molar-refractivity contribution is 0.114. The molecule has 0 bridgehead atoms. The van der Waals surface area contributed by atoms with Gasteiger partial charge in [-0.1, -0.05) is 48.5 Å². The summed E-state index contributed by atoms with van der Waals surface area (Å²) in [6.07, 6.45) is 5.55. The number of hydrogen-bond donors (Lipinski definition) is 2. The number of nitrogens with two attached hydrogens (primary N) is 1. The van der Waals surface area contributed by atoms with Crippen molar-refractivity contribution in [2.75, 3.05) is 12.3 Å². The van der Waals surface area contributed by atoms with Crippen molar-refractivity contribution in [1.82, 2.24) is 19.5 Å². The average Bonchev–Trinajstić information content (AvgIpc) is 3.19. The van der Waals surface area contributed by atoms with E-state index in [1.807, 2.05) is 18.2 Å². The van der Waals surface area contributed by atoms with E-state index in [9.17, 15) is 5.11 Å². The van der Waals surface area contributed by atoms with Gasteiger partial charge in [0.05, 0.1) is 16.6 Å². The molecule has 1 aliphatic rings. The van der Waals surface area contributed by atoms with Crippen LogP contribution in [0.1, 0.15) is 18.9 Å². The monoisotopic (exact) mass is 421 g/mol. The van der Waals surface area contributed by atoms with Gasteiger partial charge in [0, 0.05) is 35.4 Å². The third-order valence-electron chi connectivity index (χ3n) is 6.57. The Hall–Kier alpha value is -3.77. The second-order valence-electron chi connectivity index (χ2n) is 8.55. The molecule has 6 nitrogen and oxygen atoms in total. The maximum absolute atomic E-state index is 9.43. The lowest BCUT2D eigenvalue weighted by Gasteiger charge is -2.35. The zero-order valence-corrected chi connectivity index (χ0v) is 17.5. The first-order chi connectivity index (χ1) is 15.7. The topological polar surface area (TPSA) is 89.9 Å². The Balaban J connectivity index is 1.49. The molecule has 6 heteroatoms. The fourth-order valence-corrected chi connectivity index (χ4v) is 4.74. The van der Waals surface area contributed by atoms with E-state index in [4.69, 9.17) is 10.7 Å². The summed E-state index contributed by atoms with van der Waals surface area (Å²) >= 11 is 0. The fraction of sp³-hybridized carbons (Fsp3) is 0.192. The van der Waals surface area contributed by atoms with Gasteiger partial charge in [0.1, 0.15) is 17.8 Å². The van der Waals surface area contributed by atoms with E-state index in [2.05, 4.69) is 63.2 Å². The molecule has 1 aliphatic carbocycles. The quantitative estimate of drug-likeness (QED) is 0.433. The molecule has 0 radical (unpaired) electrons.